The molecular formula is C8H17N. The zero-order chi connectivity index (χ0) is 6.69. The summed E-state index contributed by atoms with van der Waals surface area (Å²) in [7, 11) is 0. The van der Waals surface area contributed by atoms with Gasteiger partial charge >= 0.3 is 0 Å². The second-order valence-corrected chi connectivity index (χ2v) is 3.49. The van der Waals surface area contributed by atoms with Gasteiger partial charge in [0.2, 0.25) is 0 Å². The van der Waals surface area contributed by atoms with Gasteiger partial charge in [-0.05, 0) is 37.8 Å². The molecule has 54 valence electrons. The van der Waals surface area contributed by atoms with Crippen molar-refractivity contribution in [3.63, 3.8) is 0 Å². The van der Waals surface area contributed by atoms with Crippen LogP contribution in [-0.2, 0) is 0 Å². The summed E-state index contributed by atoms with van der Waals surface area (Å²) in [5.41, 5.74) is 0. The standard InChI is InChI=1S/C8H17N/c1-7(2)5-8-3-4-9-6-8/h7-9H,3-6H2,1-2H3/t8-/m1/s1. The zero-order valence-corrected chi connectivity index (χ0v) is 6.48. The van der Waals surface area contributed by atoms with Crippen molar-refractivity contribution in [1.29, 1.82) is 0 Å². The van der Waals surface area contributed by atoms with Crippen LogP contribution in [0.2, 0.25) is 0 Å². The predicted molar refractivity (Wildman–Crippen MR) is 40.4 cm³/mol. The molecule has 0 unspecified atom stereocenters. The van der Waals surface area contributed by atoms with Crippen LogP contribution < -0.4 is 5.32 Å². The fraction of sp³-hybridized carbons (Fsp3) is 1.00. The summed E-state index contributed by atoms with van der Waals surface area (Å²) in [5, 5.41) is 3.38. The van der Waals surface area contributed by atoms with Gasteiger partial charge in [0.25, 0.3) is 0 Å². The maximum atomic E-state index is 3.38. The molecular weight excluding hydrogens is 110 g/mol. The first-order valence-corrected chi connectivity index (χ1v) is 3.99. The van der Waals surface area contributed by atoms with Crippen molar-refractivity contribution in [2.24, 2.45) is 11.8 Å². The van der Waals surface area contributed by atoms with Gasteiger partial charge in [-0.2, -0.15) is 0 Å². The third-order valence-corrected chi connectivity index (χ3v) is 1.97. The van der Waals surface area contributed by atoms with E-state index in [2.05, 4.69) is 19.2 Å². The normalized spacial score (nSPS) is 27.7. The largest absolute Gasteiger partial charge is 0.316 e. The van der Waals surface area contributed by atoms with E-state index in [1.807, 2.05) is 0 Å². The van der Waals surface area contributed by atoms with E-state index in [0.29, 0.717) is 0 Å². The van der Waals surface area contributed by atoms with Crippen molar-refractivity contribution in [3.8, 4) is 0 Å². The minimum Gasteiger partial charge on any atom is -0.316 e. The zero-order valence-electron chi connectivity index (χ0n) is 6.48. The molecule has 1 N–H and O–H groups in total. The lowest BCUT2D eigenvalue weighted by Gasteiger charge is -2.09. The smallest absolute Gasteiger partial charge is 0.00199 e. The van der Waals surface area contributed by atoms with E-state index >= 15 is 0 Å². The third kappa shape index (κ3) is 2.35. The molecule has 0 saturated carbocycles. The Balaban J connectivity index is 2.11. The second kappa shape index (κ2) is 3.21. The molecule has 1 fully saturated rings. The molecule has 1 atom stereocenters. The van der Waals surface area contributed by atoms with Gasteiger partial charge in [0.05, 0.1) is 0 Å². The molecule has 1 saturated heterocycles. The molecule has 9 heavy (non-hydrogen) atoms. The minimum absolute atomic E-state index is 0.884. The van der Waals surface area contributed by atoms with E-state index in [1.54, 1.807) is 0 Å². The summed E-state index contributed by atoms with van der Waals surface area (Å²) in [6, 6.07) is 0. The van der Waals surface area contributed by atoms with E-state index in [1.165, 1.54) is 25.9 Å². The van der Waals surface area contributed by atoms with Gasteiger partial charge in [0, 0.05) is 0 Å². The summed E-state index contributed by atoms with van der Waals surface area (Å²) in [6.45, 7) is 7.12. The molecule has 1 aliphatic rings. The van der Waals surface area contributed by atoms with Gasteiger partial charge in [0.15, 0.2) is 0 Å². The molecule has 0 radical (unpaired) electrons. The highest BCUT2D eigenvalue weighted by Crippen LogP contribution is 2.17. The van der Waals surface area contributed by atoms with Gasteiger partial charge < -0.3 is 5.32 Å². The van der Waals surface area contributed by atoms with Gasteiger partial charge in [-0.25, -0.2) is 0 Å². The molecule has 1 heteroatoms. The van der Waals surface area contributed by atoms with Crippen LogP contribution in [0.25, 0.3) is 0 Å². The Morgan fingerprint density at radius 2 is 2.33 bits per heavy atom. The molecule has 0 aliphatic carbocycles. The quantitative estimate of drug-likeness (QED) is 0.594. The Bertz CT molecular complexity index is 72.6. The van der Waals surface area contributed by atoms with E-state index in [-0.39, 0.29) is 0 Å². The fourth-order valence-corrected chi connectivity index (χ4v) is 1.58. The average Bonchev–Trinajstić information content (AvgIpc) is 2.15. The van der Waals surface area contributed by atoms with Crippen LogP contribution in [0.3, 0.4) is 0 Å². The first kappa shape index (κ1) is 7.07. The molecule has 1 heterocycles. The molecule has 0 aromatic carbocycles. The van der Waals surface area contributed by atoms with Crippen molar-refractivity contribution >= 4 is 0 Å². The van der Waals surface area contributed by atoms with E-state index < -0.39 is 0 Å². The molecule has 1 nitrogen and oxygen atoms in total. The van der Waals surface area contributed by atoms with E-state index in [9.17, 15) is 0 Å². The van der Waals surface area contributed by atoms with Crippen LogP contribution in [0.5, 0.6) is 0 Å². The molecule has 0 spiro atoms. The SMILES string of the molecule is CC(C)C[C@H]1CCNC1. The lowest BCUT2D eigenvalue weighted by Crippen LogP contribution is -2.10. The summed E-state index contributed by atoms with van der Waals surface area (Å²) in [4.78, 5) is 0. The topological polar surface area (TPSA) is 12.0 Å². The Kier molecular flexibility index (Phi) is 2.52. The summed E-state index contributed by atoms with van der Waals surface area (Å²) in [5.74, 6) is 1.86. The monoisotopic (exact) mass is 127 g/mol. The van der Waals surface area contributed by atoms with Crippen LogP contribution in [-0.4, -0.2) is 13.1 Å². The van der Waals surface area contributed by atoms with Crippen LogP contribution in [0.4, 0.5) is 0 Å². The van der Waals surface area contributed by atoms with Crippen molar-refractivity contribution in [1.82, 2.24) is 5.32 Å². The number of hydrogen-bond acceptors (Lipinski definition) is 1. The Morgan fingerprint density at radius 1 is 1.56 bits per heavy atom. The van der Waals surface area contributed by atoms with Crippen LogP contribution in [0, 0.1) is 11.8 Å². The fourth-order valence-electron chi connectivity index (χ4n) is 1.58. The Labute approximate surface area is 57.8 Å². The van der Waals surface area contributed by atoms with Gasteiger partial charge in [-0.3, -0.25) is 0 Å². The first-order chi connectivity index (χ1) is 4.29. The predicted octanol–water partition coefficient (Wildman–Crippen LogP) is 1.64. The van der Waals surface area contributed by atoms with Gasteiger partial charge in [-0.15, -0.1) is 0 Å². The summed E-state index contributed by atoms with van der Waals surface area (Å²) < 4.78 is 0. The van der Waals surface area contributed by atoms with Crippen molar-refractivity contribution in [2.45, 2.75) is 26.7 Å². The van der Waals surface area contributed by atoms with E-state index in [4.69, 9.17) is 0 Å². The maximum absolute atomic E-state index is 3.38. The van der Waals surface area contributed by atoms with Crippen molar-refractivity contribution in [2.75, 3.05) is 13.1 Å². The molecule has 1 rings (SSSR count). The van der Waals surface area contributed by atoms with Crippen molar-refractivity contribution < 1.29 is 0 Å². The van der Waals surface area contributed by atoms with Crippen LogP contribution in [0.1, 0.15) is 26.7 Å². The molecule has 0 aromatic heterocycles. The Hall–Kier alpha value is -0.0400. The lowest BCUT2D eigenvalue weighted by atomic mass is 9.97. The van der Waals surface area contributed by atoms with E-state index in [0.717, 1.165) is 11.8 Å². The average molecular weight is 127 g/mol. The highest BCUT2D eigenvalue weighted by molar-refractivity contribution is 4.71. The molecule has 0 bridgehead atoms. The highest BCUT2D eigenvalue weighted by Gasteiger charge is 2.14. The number of hydrogen-bond donors (Lipinski definition) is 1. The molecule has 0 aromatic rings. The third-order valence-electron chi connectivity index (χ3n) is 1.97. The van der Waals surface area contributed by atoms with Crippen LogP contribution in [0.15, 0.2) is 0 Å². The van der Waals surface area contributed by atoms with Gasteiger partial charge in [-0.1, -0.05) is 13.8 Å². The van der Waals surface area contributed by atoms with Crippen LogP contribution >= 0.6 is 0 Å². The maximum Gasteiger partial charge on any atom is -0.00199 e. The van der Waals surface area contributed by atoms with Gasteiger partial charge in [0.1, 0.15) is 0 Å². The summed E-state index contributed by atoms with van der Waals surface area (Å²) in [6.07, 6.45) is 2.81. The molecule has 1 aliphatic heterocycles. The second-order valence-electron chi connectivity index (χ2n) is 3.49. The molecule has 0 amide bonds. The minimum atomic E-state index is 0.884. The Morgan fingerprint density at radius 3 is 2.78 bits per heavy atom. The highest BCUT2D eigenvalue weighted by atomic mass is 14.9. The van der Waals surface area contributed by atoms with Crippen molar-refractivity contribution in [3.05, 3.63) is 0 Å². The number of rotatable bonds is 2. The lowest BCUT2D eigenvalue weighted by molar-refractivity contribution is 0.438. The number of nitrogens with one attached hydrogen (secondary N) is 1. The summed E-state index contributed by atoms with van der Waals surface area (Å²) >= 11 is 0. The first-order valence-electron chi connectivity index (χ1n) is 3.99.